The Morgan fingerprint density at radius 1 is 0.793 bits per heavy atom. The quantitative estimate of drug-likeness (QED) is 0.340. The van der Waals surface area contributed by atoms with Crippen molar-refractivity contribution >= 4 is 32.5 Å². The lowest BCUT2D eigenvalue weighted by atomic mass is 10.00. The van der Waals surface area contributed by atoms with Crippen LogP contribution in [-0.4, -0.2) is 18.8 Å². The van der Waals surface area contributed by atoms with E-state index in [1.54, 1.807) is 25.2 Å². The third-order valence-corrected chi connectivity index (χ3v) is 5.22. The Kier molecular flexibility index (Phi) is 3.77. The molecule has 0 N–H and O–H groups in total. The van der Waals surface area contributed by atoms with E-state index in [0.29, 0.717) is 16.7 Å². The van der Waals surface area contributed by atoms with Crippen molar-refractivity contribution in [2.45, 2.75) is 0 Å². The molecule has 0 bridgehead atoms. The third-order valence-electron chi connectivity index (χ3n) is 5.22. The van der Waals surface area contributed by atoms with Gasteiger partial charge in [0.15, 0.2) is 0 Å². The number of pyridine rings is 1. The largest absolute Gasteiger partial charge is 0.422 e. The standard InChI is InChI=1S/C24H18N2O3/c1-25(2)26-19(16-9-4-3-5-10-16)14-18-21-17-11-7-6-8-15(17)12-13-20(21)29-24(28)22(18)23(26)27/h3-14H,1-2H3. The number of hydrogen-bond acceptors (Lipinski definition) is 4. The van der Waals surface area contributed by atoms with Crippen molar-refractivity contribution in [3.8, 4) is 11.3 Å². The number of hydrogen-bond donors (Lipinski definition) is 0. The Bertz CT molecular complexity index is 1510. The van der Waals surface area contributed by atoms with Gasteiger partial charge in [-0.25, -0.2) is 9.47 Å². The van der Waals surface area contributed by atoms with Gasteiger partial charge >= 0.3 is 5.63 Å². The summed E-state index contributed by atoms with van der Waals surface area (Å²) in [6.45, 7) is 0. The van der Waals surface area contributed by atoms with Crippen molar-refractivity contribution in [2.24, 2.45) is 0 Å². The summed E-state index contributed by atoms with van der Waals surface area (Å²) in [4.78, 5) is 26.2. The molecule has 5 nitrogen and oxygen atoms in total. The zero-order valence-electron chi connectivity index (χ0n) is 16.0. The van der Waals surface area contributed by atoms with Gasteiger partial charge in [-0.2, -0.15) is 0 Å². The average Bonchev–Trinajstić information content (AvgIpc) is 2.73. The van der Waals surface area contributed by atoms with E-state index in [1.807, 2.05) is 66.7 Å². The zero-order valence-corrected chi connectivity index (χ0v) is 16.0. The first-order valence-corrected chi connectivity index (χ1v) is 9.33. The summed E-state index contributed by atoms with van der Waals surface area (Å²) in [6.07, 6.45) is 0. The highest BCUT2D eigenvalue weighted by atomic mass is 16.4. The van der Waals surface area contributed by atoms with Gasteiger partial charge in [0.05, 0.1) is 5.69 Å². The van der Waals surface area contributed by atoms with E-state index >= 15 is 0 Å². The maximum Gasteiger partial charge on any atom is 0.349 e. The second kappa shape index (κ2) is 6.34. The molecular weight excluding hydrogens is 364 g/mol. The van der Waals surface area contributed by atoms with E-state index in [2.05, 4.69) is 0 Å². The number of rotatable bonds is 2. The van der Waals surface area contributed by atoms with Gasteiger partial charge in [0.1, 0.15) is 11.0 Å². The smallest absolute Gasteiger partial charge is 0.349 e. The van der Waals surface area contributed by atoms with Crippen LogP contribution in [0.4, 0.5) is 0 Å². The van der Waals surface area contributed by atoms with Crippen LogP contribution in [0.15, 0.2) is 86.8 Å². The van der Waals surface area contributed by atoms with Crippen molar-refractivity contribution in [3.05, 3.63) is 93.6 Å². The Labute approximate surface area is 166 Å². The van der Waals surface area contributed by atoms with Gasteiger partial charge in [-0.15, -0.1) is 0 Å². The highest BCUT2D eigenvalue weighted by Gasteiger charge is 2.19. The Morgan fingerprint density at radius 3 is 2.28 bits per heavy atom. The predicted molar refractivity (Wildman–Crippen MR) is 117 cm³/mol. The SMILES string of the molecule is CN(C)n1c(-c2ccccc2)cc2c(c(=O)oc3ccc4ccccc4c32)c1=O. The molecule has 5 aromatic rings. The fourth-order valence-electron chi connectivity index (χ4n) is 3.97. The van der Waals surface area contributed by atoms with Crippen LogP contribution >= 0.6 is 0 Å². The van der Waals surface area contributed by atoms with Gasteiger partial charge < -0.3 is 9.43 Å². The monoisotopic (exact) mass is 382 g/mol. The minimum Gasteiger partial charge on any atom is -0.422 e. The highest BCUT2D eigenvalue weighted by Crippen LogP contribution is 2.31. The molecule has 142 valence electrons. The summed E-state index contributed by atoms with van der Waals surface area (Å²) in [5.74, 6) is 0. The molecule has 29 heavy (non-hydrogen) atoms. The van der Waals surface area contributed by atoms with Gasteiger partial charge in [-0.1, -0.05) is 60.7 Å². The second-order valence-corrected chi connectivity index (χ2v) is 7.20. The van der Waals surface area contributed by atoms with Crippen molar-refractivity contribution in [1.82, 2.24) is 4.68 Å². The zero-order chi connectivity index (χ0) is 20.1. The molecule has 3 aromatic carbocycles. The molecule has 0 amide bonds. The molecule has 0 aliphatic carbocycles. The maximum absolute atomic E-state index is 13.4. The second-order valence-electron chi connectivity index (χ2n) is 7.20. The van der Waals surface area contributed by atoms with Gasteiger partial charge in [-0.05, 0) is 22.9 Å². The maximum atomic E-state index is 13.4. The lowest BCUT2D eigenvalue weighted by molar-refractivity contribution is 0.568. The number of nitrogens with zero attached hydrogens (tertiary/aromatic N) is 2. The van der Waals surface area contributed by atoms with Gasteiger partial charge in [0.2, 0.25) is 0 Å². The molecule has 0 atom stereocenters. The summed E-state index contributed by atoms with van der Waals surface area (Å²) in [5, 5.41) is 5.08. The molecule has 0 saturated carbocycles. The van der Waals surface area contributed by atoms with E-state index in [1.165, 1.54) is 4.68 Å². The summed E-state index contributed by atoms with van der Waals surface area (Å²) in [6, 6.07) is 23.2. The molecule has 0 spiro atoms. The van der Waals surface area contributed by atoms with Crippen molar-refractivity contribution in [3.63, 3.8) is 0 Å². The minimum absolute atomic E-state index is 0.0576. The first-order valence-electron chi connectivity index (χ1n) is 9.33. The van der Waals surface area contributed by atoms with Gasteiger partial charge in [0, 0.05) is 30.4 Å². The molecule has 0 unspecified atom stereocenters. The lowest BCUT2D eigenvalue weighted by Crippen LogP contribution is -2.38. The molecule has 0 fully saturated rings. The van der Waals surface area contributed by atoms with Crippen molar-refractivity contribution in [2.75, 3.05) is 19.1 Å². The normalized spacial score (nSPS) is 11.4. The average molecular weight is 382 g/mol. The van der Waals surface area contributed by atoms with E-state index < -0.39 is 11.2 Å². The summed E-state index contributed by atoms with van der Waals surface area (Å²) >= 11 is 0. The van der Waals surface area contributed by atoms with Gasteiger partial charge in [0.25, 0.3) is 5.56 Å². The number of fused-ring (bicyclic) bond motifs is 5. The highest BCUT2D eigenvalue weighted by molar-refractivity contribution is 6.18. The summed E-state index contributed by atoms with van der Waals surface area (Å²) in [7, 11) is 3.55. The van der Waals surface area contributed by atoms with Crippen LogP contribution in [-0.2, 0) is 0 Å². The van der Waals surface area contributed by atoms with Crippen LogP contribution in [0.2, 0.25) is 0 Å². The van der Waals surface area contributed by atoms with Crippen LogP contribution < -0.4 is 16.2 Å². The minimum atomic E-state index is -0.622. The molecule has 0 saturated heterocycles. The number of benzene rings is 3. The Balaban J connectivity index is 2.08. The molecule has 5 rings (SSSR count). The first kappa shape index (κ1) is 17.3. The summed E-state index contributed by atoms with van der Waals surface area (Å²) in [5.41, 5.74) is 1.06. The molecule has 0 aliphatic heterocycles. The van der Waals surface area contributed by atoms with E-state index in [9.17, 15) is 9.59 Å². The van der Waals surface area contributed by atoms with Crippen LogP contribution in [0.1, 0.15) is 0 Å². The molecule has 2 heterocycles. The van der Waals surface area contributed by atoms with Crippen LogP contribution in [0.3, 0.4) is 0 Å². The Hall–Kier alpha value is -3.86. The molecular formula is C24H18N2O3. The molecule has 5 heteroatoms. The first-order chi connectivity index (χ1) is 14.1. The van der Waals surface area contributed by atoms with Crippen molar-refractivity contribution in [1.29, 1.82) is 0 Å². The van der Waals surface area contributed by atoms with E-state index in [-0.39, 0.29) is 5.39 Å². The van der Waals surface area contributed by atoms with Crippen LogP contribution in [0, 0.1) is 0 Å². The Morgan fingerprint density at radius 2 is 1.52 bits per heavy atom. The van der Waals surface area contributed by atoms with Crippen LogP contribution in [0.25, 0.3) is 43.8 Å². The fourth-order valence-corrected chi connectivity index (χ4v) is 3.97. The van der Waals surface area contributed by atoms with E-state index in [4.69, 9.17) is 4.42 Å². The molecule has 0 aliphatic rings. The lowest BCUT2D eigenvalue weighted by Gasteiger charge is -2.21. The van der Waals surface area contributed by atoms with Crippen LogP contribution in [0.5, 0.6) is 0 Å². The number of aromatic nitrogens is 1. The molecule has 2 aromatic heterocycles. The third kappa shape index (κ3) is 2.55. The summed E-state index contributed by atoms with van der Waals surface area (Å²) < 4.78 is 7.06. The van der Waals surface area contributed by atoms with Gasteiger partial charge in [-0.3, -0.25) is 4.79 Å². The van der Waals surface area contributed by atoms with Crippen molar-refractivity contribution < 1.29 is 4.42 Å². The molecule has 0 radical (unpaired) electrons. The fraction of sp³-hybridized carbons (Fsp3) is 0.0833. The van der Waals surface area contributed by atoms with E-state index in [0.717, 1.165) is 21.7 Å². The topological polar surface area (TPSA) is 55.5 Å². The predicted octanol–water partition coefficient (Wildman–Crippen LogP) is 4.13.